The number of rotatable bonds is 7. The van der Waals surface area contributed by atoms with Crippen molar-refractivity contribution in [3.05, 3.63) is 41.5 Å². The number of aliphatic carboxylic acids is 1. The molecule has 136 valence electrons. The van der Waals surface area contributed by atoms with Gasteiger partial charge in [0.2, 0.25) is 0 Å². The van der Waals surface area contributed by atoms with Crippen LogP contribution in [-0.2, 0) is 4.79 Å². The van der Waals surface area contributed by atoms with Crippen molar-refractivity contribution in [1.82, 2.24) is 0 Å². The minimum absolute atomic E-state index is 0.0785. The summed E-state index contributed by atoms with van der Waals surface area (Å²) in [6, 6.07) is 7.99. The van der Waals surface area contributed by atoms with E-state index >= 15 is 0 Å². The van der Waals surface area contributed by atoms with Crippen LogP contribution in [0.5, 0.6) is 5.75 Å². The lowest BCUT2D eigenvalue weighted by Crippen LogP contribution is -2.19. The molecule has 3 rings (SSSR count). The van der Waals surface area contributed by atoms with Crippen LogP contribution in [-0.4, -0.2) is 17.7 Å². The maximum Gasteiger partial charge on any atom is 0.303 e. The molecule has 0 bridgehead atoms. The van der Waals surface area contributed by atoms with E-state index in [0.717, 1.165) is 24.2 Å². The average Bonchev–Trinajstić information content (AvgIpc) is 3.06. The van der Waals surface area contributed by atoms with Gasteiger partial charge in [-0.05, 0) is 73.1 Å². The third-order valence-electron chi connectivity index (χ3n) is 5.97. The molecule has 1 N–H and O–H groups in total. The van der Waals surface area contributed by atoms with Crippen molar-refractivity contribution in [2.45, 2.75) is 70.6 Å². The highest BCUT2D eigenvalue weighted by molar-refractivity contribution is 5.68. The molecule has 0 radical (unpaired) electrons. The van der Waals surface area contributed by atoms with Crippen molar-refractivity contribution >= 4 is 5.97 Å². The lowest BCUT2D eigenvalue weighted by Gasteiger charge is -2.31. The van der Waals surface area contributed by atoms with Gasteiger partial charge in [0.1, 0.15) is 12.4 Å². The summed E-state index contributed by atoms with van der Waals surface area (Å²) < 4.78 is 6.01. The molecule has 0 aliphatic heterocycles. The van der Waals surface area contributed by atoms with Crippen molar-refractivity contribution in [3.8, 4) is 5.75 Å². The first-order chi connectivity index (χ1) is 12.1. The Kier molecular flexibility index (Phi) is 5.82. The standard InChI is InChI=1S/C22H30O3/c1-2-18(14-21(23)24)19-7-9-20(10-8-19)25-16-17-6-5-13-22(15-17)11-3-4-12-22/h7-10,15,18H,2-6,11-14,16H2,1H3,(H,23,24)/t18-/m1/s1. The summed E-state index contributed by atoms with van der Waals surface area (Å²) in [7, 11) is 0. The van der Waals surface area contributed by atoms with Crippen LogP contribution in [0.25, 0.3) is 0 Å². The van der Waals surface area contributed by atoms with E-state index in [1.165, 1.54) is 44.1 Å². The zero-order valence-electron chi connectivity index (χ0n) is 15.3. The molecule has 1 aromatic rings. The van der Waals surface area contributed by atoms with Gasteiger partial charge in [-0.25, -0.2) is 0 Å². The maximum absolute atomic E-state index is 11.0. The Morgan fingerprint density at radius 2 is 1.84 bits per heavy atom. The van der Waals surface area contributed by atoms with Crippen molar-refractivity contribution in [2.75, 3.05) is 6.61 Å². The van der Waals surface area contributed by atoms with Gasteiger partial charge in [-0.1, -0.05) is 38.0 Å². The molecule has 0 amide bonds. The Bertz CT molecular complexity index is 609. The van der Waals surface area contributed by atoms with E-state index in [4.69, 9.17) is 9.84 Å². The van der Waals surface area contributed by atoms with E-state index in [-0.39, 0.29) is 12.3 Å². The second-order valence-corrected chi connectivity index (χ2v) is 7.79. The predicted octanol–water partition coefficient (Wildman–Crippen LogP) is 5.70. The molecule has 3 nitrogen and oxygen atoms in total. The predicted molar refractivity (Wildman–Crippen MR) is 100 cm³/mol. The van der Waals surface area contributed by atoms with E-state index in [9.17, 15) is 4.79 Å². The van der Waals surface area contributed by atoms with Crippen LogP contribution >= 0.6 is 0 Å². The van der Waals surface area contributed by atoms with E-state index < -0.39 is 5.97 Å². The molecule has 2 aliphatic carbocycles. The van der Waals surface area contributed by atoms with E-state index in [1.807, 2.05) is 31.2 Å². The van der Waals surface area contributed by atoms with Gasteiger partial charge in [0, 0.05) is 0 Å². The lowest BCUT2D eigenvalue weighted by molar-refractivity contribution is -0.137. The highest BCUT2D eigenvalue weighted by Crippen LogP contribution is 2.47. The van der Waals surface area contributed by atoms with Crippen molar-refractivity contribution < 1.29 is 14.6 Å². The smallest absolute Gasteiger partial charge is 0.303 e. The summed E-state index contributed by atoms with van der Waals surface area (Å²) in [5.74, 6) is 0.216. The van der Waals surface area contributed by atoms with Crippen molar-refractivity contribution in [2.24, 2.45) is 5.41 Å². The molecule has 1 aromatic carbocycles. The molecule has 0 heterocycles. The topological polar surface area (TPSA) is 46.5 Å². The number of carboxylic acid groups (broad SMARTS) is 1. The van der Waals surface area contributed by atoms with Crippen LogP contribution < -0.4 is 4.74 Å². The molecule has 0 aromatic heterocycles. The van der Waals surface area contributed by atoms with Gasteiger partial charge in [0.15, 0.2) is 0 Å². The Labute approximate surface area is 151 Å². The quantitative estimate of drug-likeness (QED) is 0.646. The van der Waals surface area contributed by atoms with Gasteiger partial charge in [0.05, 0.1) is 6.42 Å². The van der Waals surface area contributed by atoms with Gasteiger partial charge in [-0.2, -0.15) is 0 Å². The third kappa shape index (κ3) is 4.65. The minimum atomic E-state index is -0.739. The van der Waals surface area contributed by atoms with Crippen LogP contribution in [0.2, 0.25) is 0 Å². The molecule has 25 heavy (non-hydrogen) atoms. The van der Waals surface area contributed by atoms with Gasteiger partial charge < -0.3 is 9.84 Å². The number of benzene rings is 1. The van der Waals surface area contributed by atoms with Crippen LogP contribution in [0, 0.1) is 5.41 Å². The average molecular weight is 342 g/mol. The molecule has 0 saturated heterocycles. The van der Waals surface area contributed by atoms with Crippen LogP contribution in [0.3, 0.4) is 0 Å². The normalized spacial score (nSPS) is 20.3. The Morgan fingerprint density at radius 3 is 2.48 bits per heavy atom. The number of ether oxygens (including phenoxy) is 1. The lowest BCUT2D eigenvalue weighted by atomic mass is 9.75. The van der Waals surface area contributed by atoms with Gasteiger partial charge in [-0.3, -0.25) is 4.79 Å². The maximum atomic E-state index is 11.0. The molecule has 1 atom stereocenters. The fraction of sp³-hybridized carbons (Fsp3) is 0.591. The zero-order chi connectivity index (χ0) is 17.7. The first-order valence-corrected chi connectivity index (χ1v) is 9.75. The fourth-order valence-electron chi connectivity index (χ4n) is 4.55. The SMILES string of the molecule is CC[C@H](CC(=O)O)c1ccc(OCC2=CC3(CCCC3)CCC2)cc1. The van der Waals surface area contributed by atoms with Gasteiger partial charge in [0.25, 0.3) is 0 Å². The Hall–Kier alpha value is -1.77. The summed E-state index contributed by atoms with van der Waals surface area (Å²) in [6.45, 7) is 2.72. The highest BCUT2D eigenvalue weighted by Gasteiger charge is 2.33. The van der Waals surface area contributed by atoms with Crippen molar-refractivity contribution in [1.29, 1.82) is 0 Å². The largest absolute Gasteiger partial charge is 0.489 e. The van der Waals surface area contributed by atoms with Gasteiger partial charge >= 0.3 is 5.97 Å². The molecular formula is C22H30O3. The van der Waals surface area contributed by atoms with Crippen LogP contribution in [0.15, 0.2) is 35.9 Å². The molecule has 1 spiro atoms. The minimum Gasteiger partial charge on any atom is -0.489 e. The van der Waals surface area contributed by atoms with E-state index in [2.05, 4.69) is 6.08 Å². The highest BCUT2D eigenvalue weighted by atomic mass is 16.5. The molecular weight excluding hydrogens is 312 g/mol. The summed E-state index contributed by atoms with van der Waals surface area (Å²) in [5, 5.41) is 9.02. The van der Waals surface area contributed by atoms with Crippen LogP contribution in [0.4, 0.5) is 0 Å². The second kappa shape index (κ2) is 8.07. The molecule has 2 aliphatic rings. The Morgan fingerprint density at radius 1 is 1.16 bits per heavy atom. The van der Waals surface area contributed by atoms with Gasteiger partial charge in [-0.15, -0.1) is 0 Å². The molecule has 1 fully saturated rings. The second-order valence-electron chi connectivity index (χ2n) is 7.79. The van der Waals surface area contributed by atoms with Crippen LogP contribution in [0.1, 0.15) is 76.2 Å². The number of carbonyl (C=O) groups is 1. The number of carboxylic acids is 1. The number of allylic oxidation sites excluding steroid dienone is 1. The zero-order valence-corrected chi connectivity index (χ0v) is 15.3. The molecule has 1 saturated carbocycles. The monoisotopic (exact) mass is 342 g/mol. The Balaban J connectivity index is 1.58. The first kappa shape index (κ1) is 18.0. The third-order valence-corrected chi connectivity index (χ3v) is 5.97. The fourth-order valence-corrected chi connectivity index (χ4v) is 4.55. The number of hydrogen-bond donors (Lipinski definition) is 1. The summed E-state index contributed by atoms with van der Waals surface area (Å²) in [4.78, 5) is 11.0. The summed E-state index contributed by atoms with van der Waals surface area (Å²) >= 11 is 0. The summed E-state index contributed by atoms with van der Waals surface area (Å²) in [6.07, 6.45) is 12.8. The van der Waals surface area contributed by atoms with Crippen molar-refractivity contribution in [3.63, 3.8) is 0 Å². The first-order valence-electron chi connectivity index (χ1n) is 9.75. The molecule has 0 unspecified atom stereocenters. The van der Waals surface area contributed by atoms with E-state index in [1.54, 1.807) is 0 Å². The van der Waals surface area contributed by atoms with E-state index in [0.29, 0.717) is 12.0 Å². The molecule has 3 heteroatoms. The summed E-state index contributed by atoms with van der Waals surface area (Å²) in [5.41, 5.74) is 3.01. The number of hydrogen-bond acceptors (Lipinski definition) is 2.